The Kier molecular flexibility index (Phi) is 5.41. The summed E-state index contributed by atoms with van der Waals surface area (Å²) in [4.78, 5) is 0.0582. The molecule has 25 heavy (non-hydrogen) atoms. The number of rotatable bonds is 6. The van der Waals surface area contributed by atoms with Crippen molar-refractivity contribution in [2.45, 2.75) is 49.2 Å². The minimum absolute atomic E-state index is 0.0582. The Morgan fingerprint density at radius 2 is 1.64 bits per heavy atom. The van der Waals surface area contributed by atoms with Crippen LogP contribution in [0.1, 0.15) is 31.2 Å². The number of piperidine rings is 1. The molecule has 2 fully saturated rings. The Morgan fingerprint density at radius 1 is 1.04 bits per heavy atom. The molecule has 1 heterocycles. The van der Waals surface area contributed by atoms with Gasteiger partial charge in [0.05, 0.1) is 11.3 Å². The lowest BCUT2D eigenvalue weighted by Crippen LogP contribution is -2.45. The summed E-state index contributed by atoms with van der Waals surface area (Å²) >= 11 is 0. The average Bonchev–Trinajstić information content (AvgIpc) is 3.37. The first-order chi connectivity index (χ1) is 11.7. The third kappa shape index (κ3) is 5.18. The molecule has 1 aliphatic carbocycles. The zero-order chi connectivity index (χ0) is 18.1. The molecular weight excluding hydrogens is 353 g/mol. The standard InChI is InChI=1S/C17H23F3N2O2S/c18-17(19,20)11-13-3-5-16(6-4-13)25(23,24)22-9-7-15(8-10-22)21-12-14-1-2-14/h3-6,14-15,21H,1-2,7-12H2. The van der Waals surface area contributed by atoms with Crippen molar-refractivity contribution >= 4 is 10.0 Å². The molecule has 1 saturated heterocycles. The lowest BCUT2D eigenvalue weighted by atomic mass is 10.1. The van der Waals surface area contributed by atoms with E-state index in [0.717, 1.165) is 25.3 Å². The molecule has 0 amide bonds. The van der Waals surface area contributed by atoms with Crippen LogP contribution in [0, 0.1) is 5.92 Å². The summed E-state index contributed by atoms with van der Waals surface area (Å²) in [6.07, 6.45) is -1.26. The van der Waals surface area contributed by atoms with Gasteiger partial charge in [0.1, 0.15) is 0 Å². The van der Waals surface area contributed by atoms with E-state index >= 15 is 0 Å². The van der Waals surface area contributed by atoms with Crippen LogP contribution in [-0.4, -0.2) is 44.6 Å². The van der Waals surface area contributed by atoms with Gasteiger partial charge in [0.25, 0.3) is 0 Å². The van der Waals surface area contributed by atoms with Crippen LogP contribution in [0.25, 0.3) is 0 Å². The number of benzene rings is 1. The molecule has 140 valence electrons. The van der Waals surface area contributed by atoms with Crippen LogP contribution >= 0.6 is 0 Å². The van der Waals surface area contributed by atoms with Crippen LogP contribution in [-0.2, 0) is 16.4 Å². The number of nitrogens with one attached hydrogen (secondary N) is 1. The van der Waals surface area contributed by atoms with Crippen molar-refractivity contribution in [3.8, 4) is 0 Å². The van der Waals surface area contributed by atoms with Crippen molar-refractivity contribution in [2.75, 3.05) is 19.6 Å². The molecule has 0 aromatic heterocycles. The minimum atomic E-state index is -4.30. The van der Waals surface area contributed by atoms with Gasteiger partial charge in [-0.05, 0) is 55.8 Å². The molecule has 3 rings (SSSR count). The molecule has 1 aromatic carbocycles. The number of sulfonamides is 1. The molecule has 1 N–H and O–H groups in total. The highest BCUT2D eigenvalue weighted by Gasteiger charge is 2.31. The highest BCUT2D eigenvalue weighted by atomic mass is 32.2. The van der Waals surface area contributed by atoms with Crippen LogP contribution < -0.4 is 5.32 Å². The molecule has 1 aliphatic heterocycles. The first-order valence-electron chi connectivity index (χ1n) is 8.63. The zero-order valence-electron chi connectivity index (χ0n) is 13.9. The number of halogens is 3. The summed E-state index contributed by atoms with van der Waals surface area (Å²) in [6.45, 7) is 1.89. The maximum atomic E-state index is 12.6. The molecule has 1 aromatic rings. The summed E-state index contributed by atoms with van der Waals surface area (Å²) < 4.78 is 63.9. The summed E-state index contributed by atoms with van der Waals surface area (Å²) in [5, 5.41) is 3.50. The first kappa shape index (κ1) is 18.7. The second-order valence-electron chi connectivity index (χ2n) is 6.97. The summed E-state index contributed by atoms with van der Waals surface area (Å²) in [5.41, 5.74) is 0.0643. The van der Waals surface area contributed by atoms with E-state index < -0.39 is 22.6 Å². The minimum Gasteiger partial charge on any atom is -0.314 e. The van der Waals surface area contributed by atoms with Crippen LogP contribution in [0.5, 0.6) is 0 Å². The average molecular weight is 376 g/mol. The summed E-state index contributed by atoms with van der Waals surface area (Å²) in [6, 6.07) is 5.37. The fraction of sp³-hybridized carbons (Fsp3) is 0.647. The SMILES string of the molecule is O=S(=O)(c1ccc(CC(F)(F)F)cc1)N1CCC(NCC2CC2)CC1. The molecular formula is C17H23F3N2O2S. The van der Waals surface area contributed by atoms with E-state index in [1.165, 1.54) is 41.4 Å². The van der Waals surface area contributed by atoms with Gasteiger partial charge in [0.15, 0.2) is 0 Å². The Bertz CT molecular complexity index is 677. The molecule has 0 spiro atoms. The van der Waals surface area contributed by atoms with Gasteiger partial charge in [-0.2, -0.15) is 17.5 Å². The van der Waals surface area contributed by atoms with Gasteiger partial charge in [-0.25, -0.2) is 8.42 Å². The lowest BCUT2D eigenvalue weighted by molar-refractivity contribution is -0.127. The van der Waals surface area contributed by atoms with E-state index in [9.17, 15) is 21.6 Å². The van der Waals surface area contributed by atoms with Gasteiger partial charge in [-0.15, -0.1) is 0 Å². The molecule has 1 saturated carbocycles. The molecule has 2 aliphatic rings. The molecule has 0 bridgehead atoms. The van der Waals surface area contributed by atoms with E-state index in [-0.39, 0.29) is 10.5 Å². The quantitative estimate of drug-likeness (QED) is 0.831. The van der Waals surface area contributed by atoms with Crippen molar-refractivity contribution in [3.05, 3.63) is 29.8 Å². The monoisotopic (exact) mass is 376 g/mol. The topological polar surface area (TPSA) is 49.4 Å². The van der Waals surface area contributed by atoms with E-state index in [2.05, 4.69) is 5.32 Å². The van der Waals surface area contributed by atoms with Gasteiger partial charge in [-0.1, -0.05) is 12.1 Å². The van der Waals surface area contributed by atoms with Gasteiger partial charge < -0.3 is 5.32 Å². The van der Waals surface area contributed by atoms with Gasteiger partial charge >= 0.3 is 6.18 Å². The Hall–Kier alpha value is -1.12. The van der Waals surface area contributed by atoms with Gasteiger partial charge in [0, 0.05) is 19.1 Å². The van der Waals surface area contributed by atoms with Crippen LogP contribution in [0.15, 0.2) is 29.2 Å². The highest BCUT2D eigenvalue weighted by Crippen LogP contribution is 2.28. The van der Waals surface area contributed by atoms with Gasteiger partial charge in [-0.3, -0.25) is 0 Å². The number of hydrogen-bond acceptors (Lipinski definition) is 3. The summed E-state index contributed by atoms with van der Waals surface area (Å²) in [5.74, 6) is 0.789. The molecule has 4 nitrogen and oxygen atoms in total. The van der Waals surface area contributed by atoms with Crippen molar-refractivity contribution in [3.63, 3.8) is 0 Å². The fourth-order valence-electron chi connectivity index (χ4n) is 3.12. The van der Waals surface area contributed by atoms with Crippen LogP contribution in [0.3, 0.4) is 0 Å². The van der Waals surface area contributed by atoms with E-state index in [4.69, 9.17) is 0 Å². The highest BCUT2D eigenvalue weighted by molar-refractivity contribution is 7.89. The zero-order valence-corrected chi connectivity index (χ0v) is 14.7. The maximum Gasteiger partial charge on any atom is 0.393 e. The first-order valence-corrected chi connectivity index (χ1v) is 10.1. The molecule has 0 atom stereocenters. The Balaban J connectivity index is 1.57. The third-order valence-corrected chi connectivity index (χ3v) is 6.72. The van der Waals surface area contributed by atoms with Crippen LogP contribution in [0.4, 0.5) is 13.2 Å². The van der Waals surface area contributed by atoms with Crippen molar-refractivity contribution < 1.29 is 21.6 Å². The number of hydrogen-bond donors (Lipinski definition) is 1. The number of nitrogens with zero attached hydrogens (tertiary/aromatic N) is 1. The fourth-order valence-corrected chi connectivity index (χ4v) is 4.59. The molecule has 0 radical (unpaired) electrons. The third-order valence-electron chi connectivity index (χ3n) is 4.81. The van der Waals surface area contributed by atoms with Gasteiger partial charge in [0.2, 0.25) is 10.0 Å². The van der Waals surface area contributed by atoms with E-state index in [1.54, 1.807) is 0 Å². The molecule has 0 unspecified atom stereocenters. The lowest BCUT2D eigenvalue weighted by Gasteiger charge is -2.31. The Morgan fingerprint density at radius 3 is 2.16 bits per heavy atom. The maximum absolute atomic E-state index is 12.6. The van der Waals surface area contributed by atoms with E-state index in [1.807, 2.05) is 0 Å². The predicted molar refractivity (Wildman–Crippen MR) is 88.7 cm³/mol. The second kappa shape index (κ2) is 7.25. The van der Waals surface area contributed by atoms with E-state index in [0.29, 0.717) is 19.1 Å². The normalized spacial score (nSPS) is 20.8. The Labute approximate surface area is 146 Å². The van der Waals surface area contributed by atoms with Crippen LogP contribution in [0.2, 0.25) is 0 Å². The van der Waals surface area contributed by atoms with Crippen molar-refractivity contribution in [1.29, 1.82) is 0 Å². The number of alkyl halides is 3. The second-order valence-corrected chi connectivity index (χ2v) is 8.90. The molecule has 8 heteroatoms. The largest absolute Gasteiger partial charge is 0.393 e. The predicted octanol–water partition coefficient (Wildman–Crippen LogP) is 2.94. The van der Waals surface area contributed by atoms with Crippen molar-refractivity contribution in [1.82, 2.24) is 9.62 Å². The van der Waals surface area contributed by atoms with Crippen molar-refractivity contribution in [2.24, 2.45) is 5.92 Å². The summed E-state index contributed by atoms with van der Waals surface area (Å²) in [7, 11) is -3.64. The smallest absolute Gasteiger partial charge is 0.314 e.